The van der Waals surface area contributed by atoms with Crippen molar-refractivity contribution in [2.75, 3.05) is 9.80 Å². The summed E-state index contributed by atoms with van der Waals surface area (Å²) in [6.07, 6.45) is 1.55. The Kier molecular flexibility index (Phi) is 2.50. The van der Waals surface area contributed by atoms with Gasteiger partial charge in [0.1, 0.15) is 6.17 Å². The van der Waals surface area contributed by atoms with Gasteiger partial charge < -0.3 is 9.80 Å². The van der Waals surface area contributed by atoms with Gasteiger partial charge in [0.2, 0.25) is 0 Å². The smallest absolute Gasteiger partial charge is 0.117 e. The van der Waals surface area contributed by atoms with E-state index < -0.39 is 0 Å². The van der Waals surface area contributed by atoms with Gasteiger partial charge >= 0.3 is 0 Å². The Morgan fingerprint density at radius 3 is 2.00 bits per heavy atom. The first kappa shape index (κ1) is 14.4. The molecule has 0 spiro atoms. The molecule has 3 aromatic carbocycles. The zero-order valence-corrected chi connectivity index (χ0v) is 15.2. The van der Waals surface area contributed by atoms with E-state index in [1.54, 1.807) is 0 Å². The maximum atomic E-state index is 2.59. The number of benzene rings is 3. The second-order valence-electron chi connectivity index (χ2n) is 8.38. The van der Waals surface area contributed by atoms with Crippen LogP contribution in [0.5, 0.6) is 0 Å². The number of hydrogen-bond acceptors (Lipinski definition) is 2. The number of nitrogens with zero attached hydrogens (tertiary/aromatic N) is 2. The highest BCUT2D eigenvalue weighted by molar-refractivity contribution is 5.91. The summed E-state index contributed by atoms with van der Waals surface area (Å²) in [5.74, 6) is 0. The molecule has 3 aromatic rings. The summed E-state index contributed by atoms with van der Waals surface area (Å²) < 4.78 is 0. The first-order valence-electron chi connectivity index (χ1n) is 9.47. The van der Waals surface area contributed by atoms with Crippen LogP contribution in [0.15, 0.2) is 78.9 Å². The molecule has 0 aromatic heterocycles. The fraction of sp³-hybridized carbons (Fsp3) is 0.250. The van der Waals surface area contributed by atoms with E-state index in [0.717, 1.165) is 0 Å². The summed E-state index contributed by atoms with van der Waals surface area (Å²) in [5.41, 5.74) is 7.28. The summed E-state index contributed by atoms with van der Waals surface area (Å²) in [6.45, 7) is 4.93. The Morgan fingerprint density at radius 1 is 0.692 bits per heavy atom. The fourth-order valence-electron chi connectivity index (χ4n) is 5.57. The van der Waals surface area contributed by atoms with Gasteiger partial charge in [-0.1, -0.05) is 62.4 Å². The van der Waals surface area contributed by atoms with Crippen molar-refractivity contribution in [3.05, 3.63) is 84.4 Å². The molecule has 26 heavy (non-hydrogen) atoms. The van der Waals surface area contributed by atoms with E-state index in [2.05, 4.69) is 103 Å². The Bertz CT molecular complexity index is 1030. The summed E-state index contributed by atoms with van der Waals surface area (Å²) in [4.78, 5) is 5.16. The molecule has 2 heteroatoms. The van der Waals surface area contributed by atoms with Gasteiger partial charge in [-0.3, -0.25) is 0 Å². The van der Waals surface area contributed by atoms with E-state index >= 15 is 0 Å². The summed E-state index contributed by atoms with van der Waals surface area (Å²) in [5, 5.41) is 0. The average molecular weight is 338 g/mol. The third kappa shape index (κ3) is 1.50. The van der Waals surface area contributed by atoms with Crippen molar-refractivity contribution in [3.63, 3.8) is 0 Å². The van der Waals surface area contributed by atoms with E-state index in [4.69, 9.17) is 0 Å². The molecule has 2 unspecified atom stereocenters. The van der Waals surface area contributed by atoms with Crippen LogP contribution in [0.25, 0.3) is 0 Å². The van der Waals surface area contributed by atoms with Crippen molar-refractivity contribution in [3.8, 4) is 0 Å². The normalized spacial score (nSPS) is 30.3. The van der Waals surface area contributed by atoms with Gasteiger partial charge in [-0.15, -0.1) is 0 Å². The molecule has 6 rings (SSSR count). The Labute approximate surface area is 154 Å². The second kappa shape index (κ2) is 4.50. The van der Waals surface area contributed by atoms with Crippen molar-refractivity contribution in [1.82, 2.24) is 0 Å². The van der Waals surface area contributed by atoms with E-state index in [9.17, 15) is 0 Å². The lowest BCUT2D eigenvalue weighted by atomic mass is 9.81. The van der Waals surface area contributed by atoms with Crippen LogP contribution in [0.1, 0.15) is 25.8 Å². The molecule has 1 aliphatic carbocycles. The molecular weight excluding hydrogens is 316 g/mol. The SMILES string of the molecule is CC12C[C@@]1(C)C1N(c3ccccc3)c3ccccc3N1c1ccccc12. The largest absolute Gasteiger partial charge is 0.318 e. The molecule has 2 aliphatic heterocycles. The number of anilines is 4. The highest BCUT2D eigenvalue weighted by Gasteiger charge is 2.72. The van der Waals surface area contributed by atoms with E-state index in [0.29, 0.717) is 6.17 Å². The van der Waals surface area contributed by atoms with Crippen LogP contribution in [0.3, 0.4) is 0 Å². The zero-order chi connectivity index (χ0) is 17.5. The standard InChI is InChI=1S/C24H22N2/c1-23-16-24(23,2)22-25(17-10-4-3-5-11-17)20-14-8-9-15-21(20)26(22)19-13-7-6-12-18(19)23/h3-15,22H,16H2,1-2H3/t22?,23?,24-/m0/s1. The molecule has 1 saturated carbocycles. The van der Waals surface area contributed by atoms with Gasteiger partial charge in [-0.05, 0) is 42.3 Å². The van der Waals surface area contributed by atoms with Crippen molar-refractivity contribution < 1.29 is 0 Å². The molecule has 1 fully saturated rings. The molecule has 2 nitrogen and oxygen atoms in total. The molecule has 0 radical (unpaired) electrons. The van der Waals surface area contributed by atoms with E-state index in [-0.39, 0.29) is 10.8 Å². The molecule has 3 aliphatic rings. The monoisotopic (exact) mass is 338 g/mol. The highest BCUT2D eigenvalue weighted by atomic mass is 15.4. The predicted molar refractivity (Wildman–Crippen MR) is 107 cm³/mol. The molecule has 0 saturated heterocycles. The van der Waals surface area contributed by atoms with Gasteiger partial charge in [0.15, 0.2) is 0 Å². The van der Waals surface area contributed by atoms with Gasteiger partial charge in [-0.25, -0.2) is 0 Å². The number of hydrogen-bond donors (Lipinski definition) is 0. The Hall–Kier alpha value is -2.74. The van der Waals surface area contributed by atoms with Gasteiger partial charge in [0.25, 0.3) is 0 Å². The lowest BCUT2D eigenvalue weighted by molar-refractivity contribution is 0.372. The number of para-hydroxylation sites is 4. The quantitative estimate of drug-likeness (QED) is 0.538. The Morgan fingerprint density at radius 2 is 1.27 bits per heavy atom. The van der Waals surface area contributed by atoms with Crippen LogP contribution in [0, 0.1) is 5.41 Å². The van der Waals surface area contributed by atoms with Crippen LogP contribution >= 0.6 is 0 Å². The summed E-state index contributed by atoms with van der Waals surface area (Å²) in [7, 11) is 0. The van der Waals surface area contributed by atoms with Crippen molar-refractivity contribution >= 4 is 22.7 Å². The minimum Gasteiger partial charge on any atom is -0.318 e. The topological polar surface area (TPSA) is 6.48 Å². The maximum Gasteiger partial charge on any atom is 0.117 e. The van der Waals surface area contributed by atoms with Crippen LogP contribution in [-0.4, -0.2) is 6.17 Å². The highest BCUT2D eigenvalue weighted by Crippen LogP contribution is 2.75. The number of fused-ring (bicyclic) bond motifs is 8. The van der Waals surface area contributed by atoms with Crippen molar-refractivity contribution in [2.24, 2.45) is 5.41 Å². The summed E-state index contributed by atoms with van der Waals surface area (Å²) >= 11 is 0. The molecule has 2 heterocycles. The molecule has 128 valence electrons. The third-order valence-electron chi connectivity index (χ3n) is 7.11. The Balaban J connectivity index is 1.67. The maximum absolute atomic E-state index is 2.59. The zero-order valence-electron chi connectivity index (χ0n) is 15.2. The molecule has 0 amide bonds. The number of rotatable bonds is 1. The van der Waals surface area contributed by atoms with Crippen LogP contribution in [0.2, 0.25) is 0 Å². The van der Waals surface area contributed by atoms with Crippen LogP contribution in [-0.2, 0) is 5.41 Å². The van der Waals surface area contributed by atoms with E-state index in [1.807, 2.05) is 0 Å². The lowest BCUT2D eigenvalue weighted by Gasteiger charge is -2.44. The summed E-state index contributed by atoms with van der Waals surface area (Å²) in [6, 6.07) is 28.7. The van der Waals surface area contributed by atoms with Crippen LogP contribution in [0.4, 0.5) is 22.7 Å². The second-order valence-corrected chi connectivity index (χ2v) is 8.38. The van der Waals surface area contributed by atoms with Gasteiger partial charge in [-0.2, -0.15) is 0 Å². The predicted octanol–water partition coefficient (Wildman–Crippen LogP) is 5.98. The van der Waals surface area contributed by atoms with Gasteiger partial charge in [0, 0.05) is 22.2 Å². The minimum absolute atomic E-state index is 0.232. The average Bonchev–Trinajstić information content (AvgIpc) is 3.11. The fourth-order valence-corrected chi connectivity index (χ4v) is 5.57. The minimum atomic E-state index is 0.232. The first-order valence-corrected chi connectivity index (χ1v) is 9.47. The van der Waals surface area contributed by atoms with Crippen LogP contribution < -0.4 is 9.80 Å². The van der Waals surface area contributed by atoms with Gasteiger partial charge in [0.05, 0.1) is 11.4 Å². The van der Waals surface area contributed by atoms with Crippen molar-refractivity contribution in [2.45, 2.75) is 31.8 Å². The first-order chi connectivity index (χ1) is 12.7. The molecule has 0 N–H and O–H groups in total. The van der Waals surface area contributed by atoms with E-state index in [1.165, 1.54) is 34.7 Å². The molecule has 0 bridgehead atoms. The molecular formula is C24H22N2. The van der Waals surface area contributed by atoms with Crippen molar-refractivity contribution in [1.29, 1.82) is 0 Å². The lowest BCUT2D eigenvalue weighted by Crippen LogP contribution is -2.50. The molecule has 3 atom stereocenters. The third-order valence-corrected chi connectivity index (χ3v) is 7.11.